The number of hydrogen-bond acceptors (Lipinski definition) is 5. The molecule has 0 radical (unpaired) electrons. The summed E-state index contributed by atoms with van der Waals surface area (Å²) in [6.07, 6.45) is 3.55. The molecule has 7 heteroatoms. The van der Waals surface area contributed by atoms with Crippen LogP contribution in [0.1, 0.15) is 11.1 Å². The Morgan fingerprint density at radius 1 is 1.07 bits per heavy atom. The van der Waals surface area contributed by atoms with Crippen LogP contribution in [0.25, 0.3) is 6.08 Å². The van der Waals surface area contributed by atoms with E-state index in [2.05, 4.69) is 16.3 Å². The molecule has 2 aromatic rings. The highest BCUT2D eigenvalue weighted by Gasteiger charge is 2.21. The first-order valence-corrected chi connectivity index (χ1v) is 9.68. The number of rotatable bonds is 5. The molecule has 152 valence electrons. The van der Waals surface area contributed by atoms with Gasteiger partial charge in [-0.2, -0.15) is 0 Å². The Morgan fingerprint density at radius 3 is 2.59 bits per heavy atom. The number of fused-ring (bicyclic) bond motifs is 1. The third-order valence-corrected chi connectivity index (χ3v) is 5.10. The summed E-state index contributed by atoms with van der Waals surface area (Å²) in [5.41, 5.74) is 2.19. The zero-order valence-electron chi connectivity index (χ0n) is 16.5. The summed E-state index contributed by atoms with van der Waals surface area (Å²) in [5, 5.41) is 2.85. The zero-order chi connectivity index (χ0) is 20.1. The molecule has 2 amide bonds. The van der Waals surface area contributed by atoms with Crippen molar-refractivity contribution in [2.75, 3.05) is 40.1 Å². The standard InChI is InChI=1S/C22H25N3O4/c1-27-19-5-2-17(3-6-19)8-9-23-22(26)25-12-10-24(11-13-25)15-18-4-7-20-21(14-18)29-16-28-20/h2-9,14H,10-13,15-16H2,1H3,(H,23,26)/b9-8+. The molecule has 2 heterocycles. The van der Waals surface area contributed by atoms with Gasteiger partial charge in [0, 0.05) is 38.9 Å². The first kappa shape index (κ1) is 19.1. The number of nitrogens with zero attached hydrogens (tertiary/aromatic N) is 2. The molecule has 29 heavy (non-hydrogen) atoms. The summed E-state index contributed by atoms with van der Waals surface area (Å²) < 4.78 is 15.9. The van der Waals surface area contributed by atoms with Gasteiger partial charge < -0.3 is 24.4 Å². The molecule has 0 unspecified atom stereocenters. The van der Waals surface area contributed by atoms with Gasteiger partial charge in [-0.25, -0.2) is 4.79 Å². The Bertz CT molecular complexity index is 874. The highest BCUT2D eigenvalue weighted by atomic mass is 16.7. The van der Waals surface area contributed by atoms with E-state index in [-0.39, 0.29) is 6.03 Å². The number of nitrogens with one attached hydrogen (secondary N) is 1. The van der Waals surface area contributed by atoms with Crippen molar-refractivity contribution in [2.24, 2.45) is 0 Å². The molecule has 2 aromatic carbocycles. The number of hydrogen-bond donors (Lipinski definition) is 1. The molecule has 1 N–H and O–H groups in total. The van der Waals surface area contributed by atoms with Gasteiger partial charge in [-0.3, -0.25) is 4.90 Å². The van der Waals surface area contributed by atoms with E-state index in [9.17, 15) is 4.79 Å². The van der Waals surface area contributed by atoms with Crippen LogP contribution in [-0.4, -0.2) is 55.9 Å². The van der Waals surface area contributed by atoms with Crippen LogP contribution in [0.3, 0.4) is 0 Å². The maximum absolute atomic E-state index is 12.4. The first-order chi connectivity index (χ1) is 14.2. The van der Waals surface area contributed by atoms with Crippen molar-refractivity contribution >= 4 is 12.1 Å². The van der Waals surface area contributed by atoms with Crippen LogP contribution >= 0.6 is 0 Å². The predicted molar refractivity (Wildman–Crippen MR) is 110 cm³/mol. The molecule has 1 saturated heterocycles. The number of piperazine rings is 1. The summed E-state index contributed by atoms with van der Waals surface area (Å²) in [6.45, 7) is 4.20. The Hall–Kier alpha value is -3.19. The molecule has 0 saturated carbocycles. The predicted octanol–water partition coefficient (Wildman–Crippen LogP) is 2.92. The lowest BCUT2D eigenvalue weighted by Crippen LogP contribution is -2.50. The third-order valence-electron chi connectivity index (χ3n) is 5.10. The number of methoxy groups -OCH3 is 1. The second-order valence-electron chi connectivity index (χ2n) is 7.01. The van der Waals surface area contributed by atoms with Crippen molar-refractivity contribution in [1.82, 2.24) is 15.1 Å². The fourth-order valence-corrected chi connectivity index (χ4v) is 3.42. The van der Waals surface area contributed by atoms with Crippen molar-refractivity contribution in [3.8, 4) is 17.2 Å². The minimum absolute atomic E-state index is 0.0718. The van der Waals surface area contributed by atoms with Gasteiger partial charge in [0.25, 0.3) is 0 Å². The Morgan fingerprint density at radius 2 is 1.83 bits per heavy atom. The Kier molecular flexibility index (Phi) is 5.86. The van der Waals surface area contributed by atoms with E-state index >= 15 is 0 Å². The third kappa shape index (κ3) is 4.81. The van der Waals surface area contributed by atoms with Crippen LogP contribution in [0.15, 0.2) is 48.7 Å². The molecule has 2 aliphatic heterocycles. The molecule has 0 aromatic heterocycles. The molecule has 0 aliphatic carbocycles. The minimum Gasteiger partial charge on any atom is -0.497 e. The smallest absolute Gasteiger partial charge is 0.321 e. The van der Waals surface area contributed by atoms with Gasteiger partial charge in [0.15, 0.2) is 11.5 Å². The molecule has 0 spiro atoms. The van der Waals surface area contributed by atoms with Crippen molar-refractivity contribution in [2.45, 2.75) is 6.54 Å². The second-order valence-corrected chi connectivity index (χ2v) is 7.01. The van der Waals surface area contributed by atoms with E-state index in [0.29, 0.717) is 19.9 Å². The fourth-order valence-electron chi connectivity index (χ4n) is 3.42. The summed E-state index contributed by atoms with van der Waals surface area (Å²) in [4.78, 5) is 16.6. The topological polar surface area (TPSA) is 63.3 Å². The van der Waals surface area contributed by atoms with E-state index in [1.165, 1.54) is 5.56 Å². The molecule has 7 nitrogen and oxygen atoms in total. The molecule has 4 rings (SSSR count). The lowest BCUT2D eigenvalue weighted by molar-refractivity contribution is 0.137. The van der Waals surface area contributed by atoms with E-state index in [0.717, 1.165) is 42.4 Å². The van der Waals surface area contributed by atoms with Crippen LogP contribution in [0, 0.1) is 0 Å². The monoisotopic (exact) mass is 395 g/mol. The van der Waals surface area contributed by atoms with Gasteiger partial charge in [-0.1, -0.05) is 18.2 Å². The molecule has 0 bridgehead atoms. The average Bonchev–Trinajstić information content (AvgIpc) is 3.22. The van der Waals surface area contributed by atoms with Gasteiger partial charge in [0.1, 0.15) is 5.75 Å². The van der Waals surface area contributed by atoms with Crippen LogP contribution in [0.4, 0.5) is 4.79 Å². The number of amides is 2. The zero-order valence-corrected chi connectivity index (χ0v) is 16.5. The second kappa shape index (κ2) is 8.87. The van der Waals surface area contributed by atoms with Gasteiger partial charge in [-0.15, -0.1) is 0 Å². The minimum atomic E-state index is -0.0718. The van der Waals surface area contributed by atoms with Crippen molar-refractivity contribution in [1.29, 1.82) is 0 Å². The van der Waals surface area contributed by atoms with Crippen LogP contribution in [0.2, 0.25) is 0 Å². The quantitative estimate of drug-likeness (QED) is 0.844. The summed E-state index contributed by atoms with van der Waals surface area (Å²) >= 11 is 0. The lowest BCUT2D eigenvalue weighted by Gasteiger charge is -2.34. The first-order valence-electron chi connectivity index (χ1n) is 9.68. The van der Waals surface area contributed by atoms with E-state index < -0.39 is 0 Å². The molecule has 1 fully saturated rings. The molecule has 0 atom stereocenters. The van der Waals surface area contributed by atoms with Crippen LogP contribution in [-0.2, 0) is 6.54 Å². The Labute approximate surface area is 170 Å². The van der Waals surface area contributed by atoms with E-state index in [1.54, 1.807) is 13.3 Å². The molecular formula is C22H25N3O4. The van der Waals surface area contributed by atoms with E-state index in [4.69, 9.17) is 14.2 Å². The van der Waals surface area contributed by atoms with Gasteiger partial charge in [0.2, 0.25) is 6.79 Å². The highest BCUT2D eigenvalue weighted by Crippen LogP contribution is 2.32. The van der Waals surface area contributed by atoms with E-state index in [1.807, 2.05) is 47.4 Å². The van der Waals surface area contributed by atoms with Crippen LogP contribution < -0.4 is 19.5 Å². The maximum Gasteiger partial charge on any atom is 0.321 e. The van der Waals surface area contributed by atoms with Gasteiger partial charge in [0.05, 0.1) is 7.11 Å². The summed E-state index contributed by atoms with van der Waals surface area (Å²) in [6, 6.07) is 13.6. The highest BCUT2D eigenvalue weighted by molar-refractivity contribution is 5.76. The number of carbonyl (C=O) groups is 1. The largest absolute Gasteiger partial charge is 0.497 e. The van der Waals surface area contributed by atoms with Crippen LogP contribution in [0.5, 0.6) is 17.2 Å². The van der Waals surface area contributed by atoms with Crippen molar-refractivity contribution in [3.05, 3.63) is 59.8 Å². The van der Waals surface area contributed by atoms with Gasteiger partial charge in [-0.05, 0) is 41.5 Å². The van der Waals surface area contributed by atoms with Gasteiger partial charge >= 0.3 is 6.03 Å². The maximum atomic E-state index is 12.4. The number of urea groups is 1. The van der Waals surface area contributed by atoms with Crippen molar-refractivity contribution in [3.63, 3.8) is 0 Å². The summed E-state index contributed by atoms with van der Waals surface area (Å²) in [5.74, 6) is 2.42. The SMILES string of the molecule is COc1ccc(/C=C/NC(=O)N2CCN(Cc3ccc4c(c3)OCO4)CC2)cc1. The number of carbonyl (C=O) groups excluding carboxylic acids is 1. The molecular weight excluding hydrogens is 370 g/mol. The average molecular weight is 395 g/mol. The lowest BCUT2D eigenvalue weighted by atomic mass is 10.1. The van der Waals surface area contributed by atoms with Crippen molar-refractivity contribution < 1.29 is 19.0 Å². The fraction of sp³-hybridized carbons (Fsp3) is 0.318. The normalized spacial score (nSPS) is 16.2. The summed E-state index contributed by atoms with van der Waals surface area (Å²) in [7, 11) is 1.64. The Balaban J connectivity index is 1.22. The number of benzene rings is 2. The molecule has 2 aliphatic rings. The number of ether oxygens (including phenoxy) is 3.